The van der Waals surface area contributed by atoms with Crippen molar-refractivity contribution in [3.8, 4) is 0 Å². The number of nitrogens with zero attached hydrogens (tertiary/aromatic N) is 2. The van der Waals surface area contributed by atoms with Crippen molar-refractivity contribution < 1.29 is 8.78 Å². The molecular weight excluding hydrogens is 254 g/mol. The van der Waals surface area contributed by atoms with E-state index in [1.54, 1.807) is 12.1 Å². The number of hydrogen-bond donors (Lipinski definition) is 0. The lowest BCUT2D eigenvalue weighted by atomic mass is 10.3. The number of rotatable bonds is 2. The van der Waals surface area contributed by atoms with Crippen LogP contribution in [0.3, 0.4) is 0 Å². The average molecular weight is 259 g/mol. The molecule has 16 heavy (non-hydrogen) atoms. The second kappa shape index (κ2) is 4.76. The summed E-state index contributed by atoms with van der Waals surface area (Å²) in [6.07, 6.45) is 0. The highest BCUT2D eigenvalue weighted by atomic mass is 35.5. The van der Waals surface area contributed by atoms with Crippen molar-refractivity contribution in [2.24, 2.45) is 0 Å². The Morgan fingerprint density at radius 2 is 1.81 bits per heavy atom. The van der Waals surface area contributed by atoms with E-state index in [0.29, 0.717) is 9.92 Å². The van der Waals surface area contributed by atoms with Gasteiger partial charge < -0.3 is 0 Å². The Labute approximate surface area is 99.7 Å². The molecule has 0 aliphatic heterocycles. The van der Waals surface area contributed by atoms with Crippen LogP contribution in [-0.4, -0.2) is 10.2 Å². The third-order valence-corrected chi connectivity index (χ3v) is 2.84. The zero-order valence-corrected chi connectivity index (χ0v) is 9.40. The molecular formula is C10H5ClF2N2S. The predicted octanol–water partition coefficient (Wildman–Crippen LogP) is 3.56. The van der Waals surface area contributed by atoms with Gasteiger partial charge in [0, 0.05) is 4.90 Å². The van der Waals surface area contributed by atoms with E-state index in [1.165, 1.54) is 17.8 Å². The second-order valence-corrected chi connectivity index (χ2v) is 4.35. The fraction of sp³-hybridized carbons (Fsp3) is 0. The summed E-state index contributed by atoms with van der Waals surface area (Å²) in [6, 6.07) is 6.88. The summed E-state index contributed by atoms with van der Waals surface area (Å²) >= 11 is 6.75. The molecule has 0 atom stereocenters. The van der Waals surface area contributed by atoms with Crippen LogP contribution in [-0.2, 0) is 0 Å². The normalized spacial score (nSPS) is 10.4. The van der Waals surface area contributed by atoms with Gasteiger partial charge in [0.2, 0.25) is 0 Å². The third-order valence-electron chi connectivity index (χ3n) is 1.72. The lowest BCUT2D eigenvalue weighted by molar-refractivity contribution is 0.506. The van der Waals surface area contributed by atoms with E-state index in [-0.39, 0.29) is 5.15 Å². The highest BCUT2D eigenvalue weighted by Crippen LogP contribution is 2.26. The van der Waals surface area contributed by atoms with Gasteiger partial charge in [-0.3, -0.25) is 0 Å². The van der Waals surface area contributed by atoms with Crippen molar-refractivity contribution in [3.05, 3.63) is 47.1 Å². The lowest BCUT2D eigenvalue weighted by Gasteiger charge is -2.00. The molecule has 0 N–H and O–H groups in total. The maximum atomic E-state index is 12.9. The van der Waals surface area contributed by atoms with Gasteiger partial charge in [0.25, 0.3) is 0 Å². The Balaban J connectivity index is 2.20. The summed E-state index contributed by atoms with van der Waals surface area (Å²) in [6.45, 7) is 0. The van der Waals surface area contributed by atoms with Crippen LogP contribution in [0.2, 0.25) is 5.15 Å². The predicted molar refractivity (Wildman–Crippen MR) is 57.5 cm³/mol. The first-order chi connectivity index (χ1) is 7.65. The van der Waals surface area contributed by atoms with Crippen LogP contribution in [0, 0.1) is 11.6 Å². The molecule has 0 amide bonds. The Morgan fingerprint density at radius 1 is 1.00 bits per heavy atom. The van der Waals surface area contributed by atoms with Crippen molar-refractivity contribution in [1.29, 1.82) is 0 Å². The largest absolute Gasteiger partial charge is 0.204 e. The first kappa shape index (κ1) is 11.3. The molecule has 0 fully saturated rings. The maximum absolute atomic E-state index is 12.9. The Morgan fingerprint density at radius 3 is 2.44 bits per heavy atom. The second-order valence-electron chi connectivity index (χ2n) is 2.87. The molecule has 82 valence electrons. The molecule has 0 saturated carbocycles. The van der Waals surface area contributed by atoms with E-state index in [0.717, 1.165) is 12.1 Å². The molecule has 0 aliphatic rings. The molecule has 2 nitrogen and oxygen atoms in total. The van der Waals surface area contributed by atoms with Gasteiger partial charge in [-0.05, 0) is 30.3 Å². The van der Waals surface area contributed by atoms with E-state index in [1.807, 2.05) is 0 Å². The Bertz CT molecular complexity index is 505. The topological polar surface area (TPSA) is 25.8 Å². The van der Waals surface area contributed by atoms with Gasteiger partial charge in [0.1, 0.15) is 5.03 Å². The van der Waals surface area contributed by atoms with Gasteiger partial charge in [-0.2, -0.15) is 0 Å². The van der Waals surface area contributed by atoms with Crippen LogP contribution in [0.5, 0.6) is 0 Å². The van der Waals surface area contributed by atoms with Gasteiger partial charge in [-0.15, -0.1) is 10.2 Å². The minimum absolute atomic E-state index is 0.287. The van der Waals surface area contributed by atoms with E-state index in [2.05, 4.69) is 10.2 Å². The van der Waals surface area contributed by atoms with Crippen LogP contribution in [0.25, 0.3) is 0 Å². The Hall–Kier alpha value is -1.20. The number of benzene rings is 1. The third kappa shape index (κ3) is 2.68. The summed E-state index contributed by atoms with van der Waals surface area (Å²) < 4.78 is 25.6. The number of hydrogen-bond acceptors (Lipinski definition) is 3. The molecule has 6 heteroatoms. The zero-order chi connectivity index (χ0) is 11.5. The first-order valence-electron chi connectivity index (χ1n) is 4.27. The van der Waals surface area contributed by atoms with Gasteiger partial charge in [-0.1, -0.05) is 23.4 Å². The summed E-state index contributed by atoms with van der Waals surface area (Å²) in [5.74, 6) is -1.75. The molecule has 0 unspecified atom stereocenters. The molecule has 0 saturated heterocycles. The van der Waals surface area contributed by atoms with Crippen molar-refractivity contribution in [1.82, 2.24) is 10.2 Å². The number of halogens is 3. The average Bonchev–Trinajstić information content (AvgIpc) is 2.27. The van der Waals surface area contributed by atoms with E-state index < -0.39 is 11.6 Å². The monoisotopic (exact) mass is 258 g/mol. The number of aromatic nitrogens is 2. The molecule has 1 aromatic carbocycles. The van der Waals surface area contributed by atoms with E-state index >= 15 is 0 Å². The summed E-state index contributed by atoms with van der Waals surface area (Å²) in [5.41, 5.74) is 0. The summed E-state index contributed by atoms with van der Waals surface area (Å²) in [7, 11) is 0. The van der Waals surface area contributed by atoms with Gasteiger partial charge >= 0.3 is 0 Å². The summed E-state index contributed by atoms with van der Waals surface area (Å²) in [5, 5.41) is 8.28. The van der Waals surface area contributed by atoms with Crippen LogP contribution in [0.1, 0.15) is 0 Å². The molecule has 0 spiro atoms. The molecule has 0 radical (unpaired) electrons. The van der Waals surface area contributed by atoms with Crippen LogP contribution in [0.15, 0.2) is 40.3 Å². The molecule has 2 rings (SSSR count). The molecule has 1 heterocycles. The van der Waals surface area contributed by atoms with Crippen LogP contribution in [0.4, 0.5) is 8.78 Å². The van der Waals surface area contributed by atoms with Crippen molar-refractivity contribution >= 4 is 23.4 Å². The van der Waals surface area contributed by atoms with Gasteiger partial charge in [-0.25, -0.2) is 8.78 Å². The lowest BCUT2D eigenvalue weighted by Crippen LogP contribution is -1.86. The maximum Gasteiger partial charge on any atom is 0.159 e. The minimum Gasteiger partial charge on any atom is -0.204 e. The minimum atomic E-state index is -0.882. The van der Waals surface area contributed by atoms with Crippen molar-refractivity contribution in [3.63, 3.8) is 0 Å². The summed E-state index contributed by atoms with van der Waals surface area (Å²) in [4.78, 5) is 0.551. The standard InChI is InChI=1S/C10H5ClF2N2S/c11-9-3-4-10(15-14-9)16-6-1-2-7(12)8(13)5-6/h1-5H. The van der Waals surface area contributed by atoms with Gasteiger partial charge in [0.05, 0.1) is 0 Å². The molecule has 2 aromatic rings. The fourth-order valence-electron chi connectivity index (χ4n) is 1.02. The highest BCUT2D eigenvalue weighted by Gasteiger charge is 2.05. The van der Waals surface area contributed by atoms with E-state index in [9.17, 15) is 8.78 Å². The van der Waals surface area contributed by atoms with Crippen molar-refractivity contribution in [2.45, 2.75) is 9.92 Å². The van der Waals surface area contributed by atoms with Crippen molar-refractivity contribution in [2.75, 3.05) is 0 Å². The molecule has 0 aliphatic carbocycles. The zero-order valence-electron chi connectivity index (χ0n) is 7.82. The smallest absolute Gasteiger partial charge is 0.159 e. The quantitative estimate of drug-likeness (QED) is 0.824. The molecule has 1 aromatic heterocycles. The molecule has 0 bridgehead atoms. The van der Waals surface area contributed by atoms with Crippen LogP contribution >= 0.6 is 23.4 Å². The highest BCUT2D eigenvalue weighted by molar-refractivity contribution is 7.99. The van der Waals surface area contributed by atoms with E-state index in [4.69, 9.17) is 11.6 Å². The first-order valence-corrected chi connectivity index (χ1v) is 5.47. The van der Waals surface area contributed by atoms with Crippen LogP contribution < -0.4 is 0 Å². The fourth-order valence-corrected chi connectivity index (χ4v) is 1.88. The Kier molecular flexibility index (Phi) is 3.36. The SMILES string of the molecule is Fc1ccc(Sc2ccc(Cl)nn2)cc1F. The van der Waals surface area contributed by atoms with Gasteiger partial charge in [0.15, 0.2) is 16.8 Å².